The number of hydrogen-bond acceptors (Lipinski definition) is 4. The van der Waals surface area contributed by atoms with Crippen molar-refractivity contribution in [2.45, 2.75) is 12.7 Å². The molecule has 2 saturated heterocycles. The maximum Gasteiger partial charge on any atom is 0.490 e. The molecule has 2 aliphatic heterocycles. The number of alkyl halides is 3. The number of likely N-dealkylation sites (tertiary alicyclic amines) is 1. The minimum Gasteiger partial charge on any atom is -0.475 e. The second-order valence-electron chi connectivity index (χ2n) is 6.61. The molecule has 146 valence electrons. The number of carboxylic acid groups (broad SMARTS) is 1. The van der Waals surface area contributed by atoms with Gasteiger partial charge in [-0.3, -0.25) is 4.90 Å². The molecule has 26 heavy (non-hydrogen) atoms. The Hall–Kier alpha value is -1.71. The summed E-state index contributed by atoms with van der Waals surface area (Å²) in [4.78, 5) is 11.3. The van der Waals surface area contributed by atoms with Gasteiger partial charge in [0, 0.05) is 38.1 Å². The highest BCUT2D eigenvalue weighted by molar-refractivity contribution is 5.73. The quantitative estimate of drug-likeness (QED) is 0.815. The Morgan fingerprint density at radius 2 is 2.00 bits per heavy atom. The van der Waals surface area contributed by atoms with E-state index in [2.05, 4.69) is 4.90 Å². The number of ether oxygens (including phenoxy) is 2. The highest BCUT2D eigenvalue weighted by Gasteiger charge is 2.50. The SMILES string of the molecule is COC[C@]12COC[C@H]1CN(Cc1ccc(F)cc1)C2.O=C(O)C(F)(F)F. The number of nitrogens with zero attached hydrogens (tertiary/aromatic N) is 1. The van der Waals surface area contributed by atoms with Crippen LogP contribution in [0.25, 0.3) is 0 Å². The van der Waals surface area contributed by atoms with Crippen molar-refractivity contribution in [1.82, 2.24) is 4.90 Å². The fourth-order valence-electron chi connectivity index (χ4n) is 3.40. The Morgan fingerprint density at radius 1 is 1.38 bits per heavy atom. The molecule has 2 atom stereocenters. The first-order valence-electron chi connectivity index (χ1n) is 8.00. The predicted octanol–water partition coefficient (Wildman–Crippen LogP) is 2.55. The van der Waals surface area contributed by atoms with Gasteiger partial charge in [-0.25, -0.2) is 9.18 Å². The van der Waals surface area contributed by atoms with E-state index in [1.807, 2.05) is 12.1 Å². The van der Waals surface area contributed by atoms with Gasteiger partial charge >= 0.3 is 12.1 Å². The zero-order valence-corrected chi connectivity index (χ0v) is 14.3. The zero-order chi connectivity index (χ0) is 19.4. The first kappa shape index (κ1) is 20.6. The van der Waals surface area contributed by atoms with E-state index in [0.29, 0.717) is 5.92 Å². The summed E-state index contributed by atoms with van der Waals surface area (Å²) in [5.41, 5.74) is 1.32. The maximum absolute atomic E-state index is 12.9. The first-order chi connectivity index (χ1) is 12.2. The van der Waals surface area contributed by atoms with E-state index in [0.717, 1.165) is 45.0 Å². The Morgan fingerprint density at radius 3 is 2.54 bits per heavy atom. The normalized spacial score (nSPS) is 25.5. The standard InChI is InChI=1S/C15H20FNO2.C2HF3O2/c1-18-10-15-9-17(7-13(15)8-19-11-15)6-12-2-4-14(16)5-3-12;3-2(4,5)1(6)7/h2-5,13H,6-11H2,1H3;(H,6,7)/t13-,15-;/m1./s1. The predicted molar refractivity (Wildman–Crippen MR) is 84.0 cm³/mol. The van der Waals surface area contributed by atoms with Gasteiger partial charge in [0.1, 0.15) is 5.82 Å². The number of benzene rings is 1. The summed E-state index contributed by atoms with van der Waals surface area (Å²) >= 11 is 0. The van der Waals surface area contributed by atoms with Crippen molar-refractivity contribution < 1.29 is 36.9 Å². The fourth-order valence-corrected chi connectivity index (χ4v) is 3.40. The Kier molecular flexibility index (Phi) is 6.59. The molecule has 5 nitrogen and oxygen atoms in total. The second-order valence-corrected chi connectivity index (χ2v) is 6.61. The minimum atomic E-state index is -5.08. The molecule has 1 N–H and O–H groups in total. The summed E-state index contributed by atoms with van der Waals surface area (Å²) in [7, 11) is 1.76. The van der Waals surface area contributed by atoms with Gasteiger partial charge in [0.15, 0.2) is 0 Å². The molecule has 0 spiro atoms. The third-order valence-electron chi connectivity index (χ3n) is 4.59. The smallest absolute Gasteiger partial charge is 0.475 e. The van der Waals surface area contributed by atoms with Crippen LogP contribution < -0.4 is 0 Å². The van der Waals surface area contributed by atoms with E-state index in [-0.39, 0.29) is 11.2 Å². The molecular formula is C17H21F4NO4. The molecule has 0 amide bonds. The van der Waals surface area contributed by atoms with Gasteiger partial charge in [-0.1, -0.05) is 12.1 Å². The van der Waals surface area contributed by atoms with Crippen molar-refractivity contribution in [2.75, 3.05) is 40.0 Å². The maximum atomic E-state index is 12.9. The minimum absolute atomic E-state index is 0.161. The van der Waals surface area contributed by atoms with Gasteiger partial charge in [-0.2, -0.15) is 13.2 Å². The van der Waals surface area contributed by atoms with Gasteiger partial charge in [-0.15, -0.1) is 0 Å². The summed E-state index contributed by atoms with van der Waals surface area (Å²) in [5, 5.41) is 7.12. The number of halogens is 4. The molecule has 9 heteroatoms. The molecule has 1 aromatic carbocycles. The molecular weight excluding hydrogens is 358 g/mol. The Labute approximate surface area is 148 Å². The summed E-state index contributed by atoms with van der Waals surface area (Å²) in [6.45, 7) is 5.32. The lowest BCUT2D eigenvalue weighted by molar-refractivity contribution is -0.192. The van der Waals surface area contributed by atoms with E-state index in [1.54, 1.807) is 7.11 Å². The fraction of sp³-hybridized carbons (Fsp3) is 0.588. The lowest BCUT2D eigenvalue weighted by atomic mass is 9.82. The number of rotatable bonds is 4. The van der Waals surface area contributed by atoms with Crippen LogP contribution in [-0.2, 0) is 20.8 Å². The third-order valence-corrected chi connectivity index (χ3v) is 4.59. The summed E-state index contributed by atoms with van der Waals surface area (Å²) in [5.74, 6) is -2.37. The molecule has 0 unspecified atom stereocenters. The molecule has 0 bridgehead atoms. The van der Waals surface area contributed by atoms with E-state index >= 15 is 0 Å². The van der Waals surface area contributed by atoms with Crippen LogP contribution in [0.2, 0.25) is 0 Å². The van der Waals surface area contributed by atoms with E-state index in [9.17, 15) is 17.6 Å². The number of carbonyl (C=O) groups is 1. The van der Waals surface area contributed by atoms with Crippen LogP contribution >= 0.6 is 0 Å². The summed E-state index contributed by atoms with van der Waals surface area (Å²) in [6, 6.07) is 6.78. The van der Waals surface area contributed by atoms with Crippen LogP contribution in [-0.4, -0.2) is 62.2 Å². The monoisotopic (exact) mass is 379 g/mol. The van der Waals surface area contributed by atoms with Crippen molar-refractivity contribution in [3.63, 3.8) is 0 Å². The third kappa shape index (κ3) is 5.15. The van der Waals surface area contributed by atoms with Crippen LogP contribution in [0.5, 0.6) is 0 Å². The van der Waals surface area contributed by atoms with Gasteiger partial charge in [0.25, 0.3) is 0 Å². The van der Waals surface area contributed by atoms with E-state index in [1.165, 1.54) is 12.1 Å². The first-order valence-corrected chi connectivity index (χ1v) is 8.00. The van der Waals surface area contributed by atoms with Crippen molar-refractivity contribution in [2.24, 2.45) is 11.3 Å². The highest BCUT2D eigenvalue weighted by atomic mass is 19.4. The van der Waals surface area contributed by atoms with Crippen LogP contribution in [0.1, 0.15) is 5.56 Å². The number of aliphatic carboxylic acids is 1. The lowest BCUT2D eigenvalue weighted by Gasteiger charge is -2.26. The largest absolute Gasteiger partial charge is 0.490 e. The number of methoxy groups -OCH3 is 1. The topological polar surface area (TPSA) is 59.0 Å². The number of fused-ring (bicyclic) bond motifs is 1. The van der Waals surface area contributed by atoms with Crippen molar-refractivity contribution in [3.8, 4) is 0 Å². The van der Waals surface area contributed by atoms with E-state index in [4.69, 9.17) is 19.4 Å². The van der Waals surface area contributed by atoms with Crippen molar-refractivity contribution in [1.29, 1.82) is 0 Å². The summed E-state index contributed by atoms with van der Waals surface area (Å²) < 4.78 is 55.7. The average Bonchev–Trinajstić information content (AvgIpc) is 3.06. The summed E-state index contributed by atoms with van der Waals surface area (Å²) in [6.07, 6.45) is -5.08. The molecule has 0 saturated carbocycles. The molecule has 3 rings (SSSR count). The Balaban J connectivity index is 0.000000298. The molecule has 0 radical (unpaired) electrons. The van der Waals surface area contributed by atoms with Gasteiger partial charge in [0.2, 0.25) is 0 Å². The second kappa shape index (κ2) is 8.32. The molecule has 2 aliphatic rings. The molecule has 1 aromatic rings. The van der Waals surface area contributed by atoms with Crippen LogP contribution in [0.3, 0.4) is 0 Å². The molecule has 2 fully saturated rings. The number of hydrogen-bond donors (Lipinski definition) is 1. The van der Waals surface area contributed by atoms with Gasteiger partial charge < -0.3 is 14.6 Å². The highest BCUT2D eigenvalue weighted by Crippen LogP contribution is 2.41. The van der Waals surface area contributed by atoms with Gasteiger partial charge in [-0.05, 0) is 17.7 Å². The van der Waals surface area contributed by atoms with Crippen LogP contribution in [0.15, 0.2) is 24.3 Å². The van der Waals surface area contributed by atoms with Crippen LogP contribution in [0.4, 0.5) is 17.6 Å². The van der Waals surface area contributed by atoms with E-state index < -0.39 is 12.1 Å². The zero-order valence-electron chi connectivity index (χ0n) is 14.3. The lowest BCUT2D eigenvalue weighted by Crippen LogP contribution is -2.35. The molecule has 2 heterocycles. The molecule has 0 aliphatic carbocycles. The average molecular weight is 379 g/mol. The van der Waals surface area contributed by atoms with Crippen LogP contribution in [0, 0.1) is 17.2 Å². The Bertz CT molecular complexity index is 608. The van der Waals surface area contributed by atoms with Crippen molar-refractivity contribution in [3.05, 3.63) is 35.6 Å². The molecule has 0 aromatic heterocycles. The van der Waals surface area contributed by atoms with Crippen molar-refractivity contribution >= 4 is 5.97 Å². The number of carboxylic acids is 1. The van der Waals surface area contributed by atoms with Gasteiger partial charge in [0.05, 0.1) is 19.8 Å².